The number of rotatable bonds is 2. The lowest BCUT2D eigenvalue weighted by atomic mass is 9.97. The van der Waals surface area contributed by atoms with Crippen molar-refractivity contribution in [1.82, 2.24) is 15.2 Å². The maximum Gasteiger partial charge on any atom is 0.337 e. The Balaban J connectivity index is 2.23. The lowest BCUT2D eigenvalue weighted by Crippen LogP contribution is -2.42. The molecule has 0 unspecified atom stereocenters. The van der Waals surface area contributed by atoms with Crippen molar-refractivity contribution in [2.75, 3.05) is 13.1 Å². The molecule has 18 heavy (non-hydrogen) atoms. The fourth-order valence-corrected chi connectivity index (χ4v) is 2.41. The molecule has 0 saturated heterocycles. The first-order chi connectivity index (χ1) is 8.63. The van der Waals surface area contributed by atoms with Crippen LogP contribution in [-0.2, 0) is 13.0 Å². The van der Waals surface area contributed by atoms with Crippen LogP contribution in [0.4, 0.5) is 0 Å². The van der Waals surface area contributed by atoms with E-state index in [1.54, 1.807) is 6.20 Å². The fourth-order valence-electron chi connectivity index (χ4n) is 2.11. The van der Waals surface area contributed by atoms with Crippen LogP contribution in [0.2, 0.25) is 0 Å². The molecule has 5 nitrogen and oxygen atoms in total. The Morgan fingerprint density at radius 3 is 3.06 bits per heavy atom. The molecule has 0 spiro atoms. The van der Waals surface area contributed by atoms with E-state index in [2.05, 4.69) is 10.3 Å². The van der Waals surface area contributed by atoms with Gasteiger partial charge in [-0.1, -0.05) is 0 Å². The molecule has 6 heteroatoms. The van der Waals surface area contributed by atoms with Gasteiger partial charge in [0.1, 0.15) is 0 Å². The van der Waals surface area contributed by atoms with Crippen LogP contribution in [0.25, 0.3) is 0 Å². The van der Waals surface area contributed by atoms with Crippen LogP contribution < -0.4 is 5.32 Å². The van der Waals surface area contributed by atoms with Crippen molar-refractivity contribution in [3.8, 4) is 0 Å². The number of hydrogen-bond donors (Lipinski definition) is 2. The minimum absolute atomic E-state index is 0.307. The summed E-state index contributed by atoms with van der Waals surface area (Å²) in [4.78, 5) is 17.1. The zero-order valence-electron chi connectivity index (χ0n) is 10.1. The number of carbonyl (C=O) groups is 1. The summed E-state index contributed by atoms with van der Waals surface area (Å²) in [5, 5.41) is 12.9. The van der Waals surface area contributed by atoms with E-state index in [9.17, 15) is 4.79 Å². The SMILES string of the molecule is CCNC(=S)N1CCc2c(cncc2C(=O)O)C1. The molecule has 0 fully saturated rings. The summed E-state index contributed by atoms with van der Waals surface area (Å²) in [6, 6.07) is 0. The van der Waals surface area contributed by atoms with Crippen molar-refractivity contribution in [3.63, 3.8) is 0 Å². The first-order valence-corrected chi connectivity index (χ1v) is 6.26. The van der Waals surface area contributed by atoms with E-state index in [4.69, 9.17) is 17.3 Å². The molecule has 0 aromatic carbocycles. The monoisotopic (exact) mass is 265 g/mol. The lowest BCUT2D eigenvalue weighted by Gasteiger charge is -2.31. The van der Waals surface area contributed by atoms with Gasteiger partial charge in [0.2, 0.25) is 0 Å². The van der Waals surface area contributed by atoms with Crippen molar-refractivity contribution in [1.29, 1.82) is 0 Å². The molecule has 2 heterocycles. The fraction of sp³-hybridized carbons (Fsp3) is 0.417. The second kappa shape index (κ2) is 5.30. The van der Waals surface area contributed by atoms with Crippen LogP contribution in [0, 0.1) is 0 Å². The van der Waals surface area contributed by atoms with Crippen LogP contribution in [0.1, 0.15) is 28.4 Å². The van der Waals surface area contributed by atoms with E-state index in [1.165, 1.54) is 6.20 Å². The Hall–Kier alpha value is -1.69. The highest BCUT2D eigenvalue weighted by Gasteiger charge is 2.22. The van der Waals surface area contributed by atoms with Gasteiger partial charge in [0.25, 0.3) is 0 Å². The summed E-state index contributed by atoms with van der Waals surface area (Å²) in [7, 11) is 0. The molecule has 2 rings (SSSR count). The number of aromatic nitrogens is 1. The predicted octanol–water partition coefficient (Wildman–Crippen LogP) is 1.03. The van der Waals surface area contributed by atoms with Gasteiger partial charge in [0, 0.05) is 32.0 Å². The minimum atomic E-state index is -0.915. The van der Waals surface area contributed by atoms with E-state index in [0.29, 0.717) is 23.6 Å². The van der Waals surface area contributed by atoms with Crippen LogP contribution in [0.5, 0.6) is 0 Å². The van der Waals surface area contributed by atoms with Gasteiger partial charge in [0.05, 0.1) is 5.56 Å². The molecule has 1 aromatic heterocycles. The second-order valence-corrected chi connectivity index (χ2v) is 4.52. The number of thiocarbonyl (C=S) groups is 1. The highest BCUT2D eigenvalue weighted by atomic mass is 32.1. The molecule has 1 aliphatic rings. The summed E-state index contributed by atoms with van der Waals surface area (Å²) in [6.07, 6.45) is 3.83. The Bertz CT molecular complexity index is 490. The van der Waals surface area contributed by atoms with Crippen molar-refractivity contribution in [3.05, 3.63) is 29.1 Å². The maximum absolute atomic E-state index is 11.1. The highest BCUT2D eigenvalue weighted by Crippen LogP contribution is 2.21. The number of carboxylic acids is 1. The number of carboxylic acid groups (broad SMARTS) is 1. The predicted molar refractivity (Wildman–Crippen MR) is 71.6 cm³/mol. The third kappa shape index (κ3) is 2.43. The third-order valence-electron chi connectivity index (χ3n) is 2.99. The van der Waals surface area contributed by atoms with E-state index in [-0.39, 0.29) is 0 Å². The molecule has 96 valence electrons. The smallest absolute Gasteiger partial charge is 0.337 e. The van der Waals surface area contributed by atoms with E-state index >= 15 is 0 Å². The molecule has 1 aromatic rings. The summed E-state index contributed by atoms with van der Waals surface area (Å²) in [5.41, 5.74) is 2.14. The average Bonchev–Trinajstić information content (AvgIpc) is 2.37. The van der Waals surface area contributed by atoms with Gasteiger partial charge in [-0.25, -0.2) is 4.79 Å². The molecule has 0 amide bonds. The van der Waals surface area contributed by atoms with E-state index in [0.717, 1.165) is 24.2 Å². The molecular weight excluding hydrogens is 250 g/mol. The van der Waals surface area contributed by atoms with Crippen molar-refractivity contribution in [2.24, 2.45) is 0 Å². The molecule has 0 radical (unpaired) electrons. The number of nitrogens with one attached hydrogen (secondary N) is 1. The van der Waals surface area contributed by atoms with Crippen LogP contribution in [0.15, 0.2) is 12.4 Å². The van der Waals surface area contributed by atoms with E-state index < -0.39 is 5.97 Å². The molecule has 0 aliphatic carbocycles. The van der Waals surface area contributed by atoms with Crippen molar-refractivity contribution in [2.45, 2.75) is 19.9 Å². The highest BCUT2D eigenvalue weighted by molar-refractivity contribution is 7.80. The Labute approximate surface area is 111 Å². The maximum atomic E-state index is 11.1. The zero-order chi connectivity index (χ0) is 13.1. The molecular formula is C12H15N3O2S. The summed E-state index contributed by atoms with van der Waals surface area (Å²) in [5.74, 6) is -0.915. The van der Waals surface area contributed by atoms with Crippen LogP contribution in [0.3, 0.4) is 0 Å². The van der Waals surface area contributed by atoms with Gasteiger partial charge in [-0.2, -0.15) is 0 Å². The molecule has 0 bridgehead atoms. The Kier molecular flexibility index (Phi) is 3.76. The van der Waals surface area contributed by atoms with E-state index in [1.807, 2.05) is 11.8 Å². The largest absolute Gasteiger partial charge is 0.478 e. The van der Waals surface area contributed by atoms with Gasteiger partial charge < -0.3 is 15.3 Å². The van der Waals surface area contributed by atoms with Gasteiger partial charge in [-0.05, 0) is 36.7 Å². The first kappa shape index (κ1) is 12.8. The third-order valence-corrected chi connectivity index (χ3v) is 3.39. The average molecular weight is 265 g/mol. The second-order valence-electron chi connectivity index (χ2n) is 4.14. The number of pyridine rings is 1. The number of nitrogens with zero attached hydrogens (tertiary/aromatic N) is 2. The lowest BCUT2D eigenvalue weighted by molar-refractivity contribution is 0.0694. The topological polar surface area (TPSA) is 65.5 Å². The number of hydrogen-bond acceptors (Lipinski definition) is 3. The number of fused-ring (bicyclic) bond motifs is 1. The molecule has 0 atom stereocenters. The zero-order valence-corrected chi connectivity index (χ0v) is 11.0. The van der Waals surface area contributed by atoms with Gasteiger partial charge in [0.15, 0.2) is 5.11 Å². The summed E-state index contributed by atoms with van der Waals surface area (Å²) in [6.45, 7) is 4.14. The summed E-state index contributed by atoms with van der Waals surface area (Å²) < 4.78 is 0. The van der Waals surface area contributed by atoms with Gasteiger partial charge >= 0.3 is 5.97 Å². The van der Waals surface area contributed by atoms with Gasteiger partial charge in [-0.3, -0.25) is 4.98 Å². The minimum Gasteiger partial charge on any atom is -0.478 e. The Morgan fingerprint density at radius 1 is 1.61 bits per heavy atom. The van der Waals surface area contributed by atoms with Crippen molar-refractivity contribution < 1.29 is 9.90 Å². The normalized spacial score (nSPS) is 13.9. The first-order valence-electron chi connectivity index (χ1n) is 5.85. The Morgan fingerprint density at radius 2 is 2.39 bits per heavy atom. The molecule has 0 saturated carbocycles. The molecule has 2 N–H and O–H groups in total. The molecule has 1 aliphatic heterocycles. The quantitative estimate of drug-likeness (QED) is 0.779. The van der Waals surface area contributed by atoms with Crippen LogP contribution >= 0.6 is 12.2 Å². The number of aromatic carboxylic acids is 1. The van der Waals surface area contributed by atoms with Crippen molar-refractivity contribution >= 4 is 23.3 Å². The van der Waals surface area contributed by atoms with Gasteiger partial charge in [-0.15, -0.1) is 0 Å². The summed E-state index contributed by atoms with van der Waals surface area (Å²) >= 11 is 5.26. The van der Waals surface area contributed by atoms with Crippen LogP contribution in [-0.4, -0.2) is 39.2 Å². The standard InChI is InChI=1S/C12H15N3O2S/c1-2-14-12(18)15-4-3-9-8(7-15)5-13-6-10(9)11(16)17/h5-6H,2-4,7H2,1H3,(H,14,18)(H,16,17).